The number of aromatic nitrogens is 3. The number of pyridine rings is 1. The molecule has 1 N–H and O–H groups in total. The van der Waals surface area contributed by atoms with Gasteiger partial charge in [0.05, 0.1) is 25.1 Å². The minimum absolute atomic E-state index is 0.0202. The van der Waals surface area contributed by atoms with Crippen molar-refractivity contribution in [2.75, 3.05) is 7.11 Å². The van der Waals surface area contributed by atoms with E-state index in [-0.39, 0.29) is 11.9 Å². The number of carbonyl (C=O) groups excluding carboxylic acids is 1. The van der Waals surface area contributed by atoms with E-state index in [0.717, 1.165) is 44.9 Å². The van der Waals surface area contributed by atoms with Gasteiger partial charge in [0, 0.05) is 17.7 Å². The van der Waals surface area contributed by atoms with Crippen molar-refractivity contribution in [3.8, 4) is 17.0 Å². The quantitative estimate of drug-likeness (QED) is 0.450. The minimum Gasteiger partial charge on any atom is -0.496 e. The number of fused-ring (bicyclic) bond motifs is 1. The minimum atomic E-state index is -0.0511. The van der Waals surface area contributed by atoms with Crippen molar-refractivity contribution < 1.29 is 9.53 Å². The van der Waals surface area contributed by atoms with Crippen LogP contribution >= 0.6 is 0 Å². The molecule has 4 rings (SSSR count). The third kappa shape index (κ3) is 4.35. The second kappa shape index (κ2) is 9.22. The molecular weight excluding hydrogens is 400 g/mol. The first-order valence-electron chi connectivity index (χ1n) is 10.8. The Kier molecular flexibility index (Phi) is 6.21. The zero-order valence-corrected chi connectivity index (χ0v) is 18.9. The predicted molar refractivity (Wildman–Crippen MR) is 127 cm³/mol. The fourth-order valence-electron chi connectivity index (χ4n) is 4.05. The molecule has 6 nitrogen and oxygen atoms in total. The molecule has 2 aromatic heterocycles. The standard InChI is InChI=1S/C26H28N4O2/c1-17-16-18(2)27-26-24(17)25(21-12-8-9-13-22(21)32-4)29-30(26)15-14-23(31)28-19(3)20-10-6-5-7-11-20/h5-13,16,19H,14-15H2,1-4H3,(H,28,31)/t19-/m0/s1. The van der Waals surface area contributed by atoms with Gasteiger partial charge in [-0.2, -0.15) is 5.10 Å². The molecule has 0 aliphatic carbocycles. The van der Waals surface area contributed by atoms with E-state index in [1.807, 2.05) is 73.1 Å². The van der Waals surface area contributed by atoms with E-state index in [1.54, 1.807) is 7.11 Å². The molecule has 0 unspecified atom stereocenters. The third-order valence-electron chi connectivity index (χ3n) is 5.62. The molecule has 2 aromatic carbocycles. The van der Waals surface area contributed by atoms with Crippen LogP contribution in [0.15, 0.2) is 60.7 Å². The van der Waals surface area contributed by atoms with Crippen molar-refractivity contribution in [1.82, 2.24) is 20.1 Å². The number of amides is 1. The number of aryl methyl sites for hydroxylation is 3. The van der Waals surface area contributed by atoms with Crippen LogP contribution in [0.4, 0.5) is 0 Å². The Bertz CT molecular complexity index is 1250. The lowest BCUT2D eigenvalue weighted by Gasteiger charge is -2.14. The lowest BCUT2D eigenvalue weighted by molar-refractivity contribution is -0.122. The van der Waals surface area contributed by atoms with Gasteiger partial charge in [-0.1, -0.05) is 42.5 Å². The summed E-state index contributed by atoms with van der Waals surface area (Å²) in [5, 5.41) is 8.93. The predicted octanol–water partition coefficient (Wildman–Crippen LogP) is 4.99. The van der Waals surface area contributed by atoms with Crippen LogP contribution in [0.2, 0.25) is 0 Å². The fraction of sp³-hybridized carbons (Fsp3) is 0.269. The Morgan fingerprint density at radius 3 is 2.56 bits per heavy atom. The van der Waals surface area contributed by atoms with Crippen LogP contribution in [0.5, 0.6) is 5.75 Å². The highest BCUT2D eigenvalue weighted by atomic mass is 16.5. The van der Waals surface area contributed by atoms with E-state index in [4.69, 9.17) is 14.8 Å². The lowest BCUT2D eigenvalue weighted by atomic mass is 10.0. The van der Waals surface area contributed by atoms with E-state index < -0.39 is 0 Å². The summed E-state index contributed by atoms with van der Waals surface area (Å²) in [6, 6.07) is 19.8. The van der Waals surface area contributed by atoms with Gasteiger partial charge in [0.1, 0.15) is 11.4 Å². The monoisotopic (exact) mass is 428 g/mol. The Balaban J connectivity index is 1.62. The van der Waals surface area contributed by atoms with Gasteiger partial charge in [0.2, 0.25) is 5.91 Å². The van der Waals surface area contributed by atoms with Crippen molar-refractivity contribution in [2.45, 2.75) is 39.8 Å². The summed E-state index contributed by atoms with van der Waals surface area (Å²) in [6.07, 6.45) is 0.313. The topological polar surface area (TPSA) is 69.0 Å². The first-order chi connectivity index (χ1) is 15.5. The van der Waals surface area contributed by atoms with E-state index in [2.05, 4.69) is 18.3 Å². The second-order valence-corrected chi connectivity index (χ2v) is 8.00. The highest BCUT2D eigenvalue weighted by Crippen LogP contribution is 2.35. The van der Waals surface area contributed by atoms with Crippen LogP contribution in [-0.4, -0.2) is 27.8 Å². The molecule has 0 saturated carbocycles. The van der Waals surface area contributed by atoms with Gasteiger partial charge in [-0.25, -0.2) is 9.67 Å². The molecule has 0 aliphatic heterocycles. The number of benzene rings is 2. The normalized spacial score (nSPS) is 12.0. The maximum absolute atomic E-state index is 12.7. The maximum Gasteiger partial charge on any atom is 0.222 e. The molecule has 0 spiro atoms. The van der Waals surface area contributed by atoms with E-state index in [1.165, 1.54) is 0 Å². The van der Waals surface area contributed by atoms with Crippen LogP contribution in [0.3, 0.4) is 0 Å². The fourth-order valence-corrected chi connectivity index (χ4v) is 4.05. The molecule has 1 amide bonds. The summed E-state index contributed by atoms with van der Waals surface area (Å²) in [7, 11) is 1.66. The molecule has 0 radical (unpaired) electrons. The SMILES string of the molecule is COc1ccccc1-c1nn(CCC(=O)N[C@@H](C)c2ccccc2)c2nc(C)cc(C)c12. The van der Waals surface area contributed by atoms with Crippen molar-refractivity contribution in [3.63, 3.8) is 0 Å². The average molecular weight is 429 g/mol. The summed E-state index contributed by atoms with van der Waals surface area (Å²) >= 11 is 0. The third-order valence-corrected chi connectivity index (χ3v) is 5.62. The zero-order chi connectivity index (χ0) is 22.7. The smallest absolute Gasteiger partial charge is 0.222 e. The zero-order valence-electron chi connectivity index (χ0n) is 18.9. The molecule has 0 aliphatic rings. The van der Waals surface area contributed by atoms with Crippen LogP contribution in [0.1, 0.15) is 36.2 Å². The Hall–Kier alpha value is -3.67. The number of nitrogens with zero attached hydrogens (tertiary/aromatic N) is 3. The Morgan fingerprint density at radius 2 is 1.81 bits per heavy atom. The van der Waals surface area contributed by atoms with Crippen molar-refractivity contribution in [1.29, 1.82) is 0 Å². The van der Waals surface area contributed by atoms with Crippen LogP contribution in [0, 0.1) is 13.8 Å². The van der Waals surface area contributed by atoms with Gasteiger partial charge in [-0.05, 0) is 50.1 Å². The molecule has 0 bridgehead atoms. The molecule has 4 aromatic rings. The summed E-state index contributed by atoms with van der Waals surface area (Å²) < 4.78 is 7.41. The number of ether oxygens (including phenoxy) is 1. The molecule has 32 heavy (non-hydrogen) atoms. The molecule has 1 atom stereocenters. The number of hydrogen-bond donors (Lipinski definition) is 1. The number of carbonyl (C=O) groups is 1. The summed E-state index contributed by atoms with van der Waals surface area (Å²) in [4.78, 5) is 17.4. The largest absolute Gasteiger partial charge is 0.496 e. The Morgan fingerprint density at radius 1 is 1.09 bits per heavy atom. The lowest BCUT2D eigenvalue weighted by Crippen LogP contribution is -2.27. The molecule has 6 heteroatoms. The van der Waals surface area contributed by atoms with Gasteiger partial charge in [0.25, 0.3) is 0 Å². The van der Waals surface area contributed by atoms with E-state index in [9.17, 15) is 4.79 Å². The molecule has 164 valence electrons. The number of methoxy groups -OCH3 is 1. The van der Waals surface area contributed by atoms with Gasteiger partial charge in [0.15, 0.2) is 5.65 Å². The van der Waals surface area contributed by atoms with Gasteiger partial charge in [-0.3, -0.25) is 4.79 Å². The number of hydrogen-bond acceptors (Lipinski definition) is 4. The van der Waals surface area contributed by atoms with E-state index >= 15 is 0 Å². The van der Waals surface area contributed by atoms with Gasteiger partial charge < -0.3 is 10.1 Å². The number of para-hydroxylation sites is 1. The van der Waals surface area contributed by atoms with Crippen molar-refractivity contribution in [2.24, 2.45) is 0 Å². The van der Waals surface area contributed by atoms with Gasteiger partial charge >= 0.3 is 0 Å². The first-order valence-corrected chi connectivity index (χ1v) is 10.8. The molecule has 0 fully saturated rings. The van der Waals surface area contributed by atoms with Crippen LogP contribution < -0.4 is 10.1 Å². The molecule has 0 saturated heterocycles. The van der Waals surface area contributed by atoms with Crippen LogP contribution in [-0.2, 0) is 11.3 Å². The molecular formula is C26H28N4O2. The first kappa shape index (κ1) is 21.6. The van der Waals surface area contributed by atoms with Crippen molar-refractivity contribution in [3.05, 3.63) is 77.5 Å². The average Bonchev–Trinajstić information content (AvgIpc) is 3.16. The number of rotatable bonds is 7. The Labute approximate surface area is 188 Å². The highest BCUT2D eigenvalue weighted by molar-refractivity contribution is 5.95. The van der Waals surface area contributed by atoms with E-state index in [0.29, 0.717) is 13.0 Å². The van der Waals surface area contributed by atoms with Gasteiger partial charge in [-0.15, -0.1) is 0 Å². The number of nitrogens with one attached hydrogen (secondary N) is 1. The summed E-state index contributed by atoms with van der Waals surface area (Å²) in [5.74, 6) is 0.738. The van der Waals surface area contributed by atoms with Crippen molar-refractivity contribution >= 4 is 16.9 Å². The molecule has 2 heterocycles. The summed E-state index contributed by atoms with van der Waals surface area (Å²) in [6.45, 7) is 6.47. The highest BCUT2D eigenvalue weighted by Gasteiger charge is 2.19. The summed E-state index contributed by atoms with van der Waals surface area (Å²) in [5.41, 5.74) is 5.62. The maximum atomic E-state index is 12.7. The second-order valence-electron chi connectivity index (χ2n) is 8.00. The van der Waals surface area contributed by atoms with Crippen LogP contribution in [0.25, 0.3) is 22.3 Å².